The molecule has 0 aliphatic carbocycles. The third kappa shape index (κ3) is 4.13. The Balaban J connectivity index is 1.61. The summed E-state index contributed by atoms with van der Waals surface area (Å²) in [5.41, 5.74) is 0.805. The first-order chi connectivity index (χ1) is 16.0. The van der Waals surface area contributed by atoms with Crippen molar-refractivity contribution in [3.8, 4) is 34.3 Å². The molecule has 0 aliphatic heterocycles. The van der Waals surface area contributed by atoms with Gasteiger partial charge in [-0.2, -0.15) is 9.97 Å². The van der Waals surface area contributed by atoms with Crippen LogP contribution in [0.1, 0.15) is 6.92 Å². The quantitative estimate of drug-likeness (QED) is 0.416. The molecule has 0 spiro atoms. The van der Waals surface area contributed by atoms with Crippen molar-refractivity contribution in [1.29, 1.82) is 0 Å². The first kappa shape index (κ1) is 20.7. The average Bonchev–Trinajstić information content (AvgIpc) is 3.45. The number of nitrogens with zero attached hydrogens (tertiary/aromatic N) is 3. The lowest BCUT2D eigenvalue weighted by molar-refractivity contribution is 0.123. The van der Waals surface area contributed by atoms with Gasteiger partial charge in [0.2, 0.25) is 11.6 Å². The fourth-order valence-electron chi connectivity index (χ4n) is 3.29. The molecule has 0 fully saturated rings. The fourth-order valence-corrected chi connectivity index (χ4v) is 3.29. The molecule has 0 amide bonds. The molecule has 2 aromatic carbocycles. The maximum atomic E-state index is 13.5. The summed E-state index contributed by atoms with van der Waals surface area (Å²) in [7, 11) is 0. The number of hydrogen-bond donors (Lipinski definition) is 1. The van der Waals surface area contributed by atoms with Crippen molar-refractivity contribution >= 4 is 11.1 Å². The van der Waals surface area contributed by atoms with Gasteiger partial charge in [0.15, 0.2) is 11.6 Å². The van der Waals surface area contributed by atoms with E-state index >= 15 is 0 Å². The molecule has 1 unspecified atom stereocenters. The zero-order valence-corrected chi connectivity index (χ0v) is 17.4. The number of aliphatic hydroxyl groups is 1. The normalized spacial score (nSPS) is 12.2. The Labute approximate surface area is 186 Å². The van der Waals surface area contributed by atoms with Gasteiger partial charge in [-0.25, -0.2) is 13.8 Å². The second kappa shape index (κ2) is 8.36. The fraction of sp³-hybridized carbons (Fsp3) is 0.125. The molecule has 0 bridgehead atoms. The molecule has 1 atom stereocenters. The van der Waals surface area contributed by atoms with Crippen LogP contribution in [0.2, 0.25) is 0 Å². The lowest BCUT2D eigenvalue weighted by atomic mass is 10.2. The lowest BCUT2D eigenvalue weighted by Gasteiger charge is -2.07. The summed E-state index contributed by atoms with van der Waals surface area (Å²) in [6.07, 6.45) is 2.42. The van der Waals surface area contributed by atoms with Gasteiger partial charge in [0.05, 0.1) is 17.8 Å². The number of furan rings is 1. The Morgan fingerprint density at radius 3 is 2.52 bits per heavy atom. The summed E-state index contributed by atoms with van der Waals surface area (Å²) in [5.74, 6) is 0.936. The summed E-state index contributed by atoms with van der Waals surface area (Å²) in [4.78, 5) is 21.2. The van der Waals surface area contributed by atoms with Crippen molar-refractivity contribution in [2.45, 2.75) is 13.0 Å². The highest BCUT2D eigenvalue weighted by Gasteiger charge is 2.20. The molecule has 5 aromatic rings. The van der Waals surface area contributed by atoms with Crippen LogP contribution >= 0.6 is 0 Å². The molecule has 3 heterocycles. The Morgan fingerprint density at radius 2 is 1.79 bits per heavy atom. The number of benzene rings is 2. The third-order valence-electron chi connectivity index (χ3n) is 4.88. The number of rotatable bonds is 6. The van der Waals surface area contributed by atoms with E-state index in [9.17, 15) is 14.3 Å². The predicted octanol–water partition coefficient (Wildman–Crippen LogP) is 4.20. The molecule has 9 heteroatoms. The van der Waals surface area contributed by atoms with Gasteiger partial charge in [0, 0.05) is 17.3 Å². The van der Waals surface area contributed by atoms with E-state index in [2.05, 4.69) is 9.97 Å². The van der Waals surface area contributed by atoms with Crippen LogP contribution in [0.3, 0.4) is 0 Å². The summed E-state index contributed by atoms with van der Waals surface area (Å²) in [6.45, 7) is 1.81. The van der Waals surface area contributed by atoms with Crippen molar-refractivity contribution < 1.29 is 23.1 Å². The van der Waals surface area contributed by atoms with E-state index in [0.717, 1.165) is 0 Å². The average molecular weight is 447 g/mol. The standard InChI is InChI=1S/C24H18FN3O5/c1-14(29)13-32-19-8-4-16(5-9-19)23-26-21(20(33-23)15-2-6-18(25)7-3-15)28-12-17-10-11-31-22(17)27-24(28)30/h2-12,14,29H,13H2,1H3. The summed E-state index contributed by atoms with van der Waals surface area (Å²) >= 11 is 0. The Bertz CT molecular complexity index is 1470. The monoisotopic (exact) mass is 447 g/mol. The van der Waals surface area contributed by atoms with Crippen LogP contribution in [0.5, 0.6) is 5.75 Å². The number of oxazole rings is 1. The van der Waals surface area contributed by atoms with E-state index in [1.165, 1.54) is 23.0 Å². The highest BCUT2D eigenvalue weighted by atomic mass is 19.1. The van der Waals surface area contributed by atoms with E-state index in [-0.39, 0.29) is 29.8 Å². The minimum absolute atomic E-state index is 0.170. The number of aliphatic hydroxyl groups excluding tert-OH is 1. The van der Waals surface area contributed by atoms with E-state index in [0.29, 0.717) is 22.3 Å². The molecule has 166 valence electrons. The number of aromatic nitrogens is 3. The van der Waals surface area contributed by atoms with Crippen LogP contribution < -0.4 is 10.4 Å². The largest absolute Gasteiger partial charge is 0.491 e. The summed E-state index contributed by atoms with van der Waals surface area (Å²) < 4.78 is 31.5. The Morgan fingerprint density at radius 1 is 1.06 bits per heavy atom. The number of hydrogen-bond acceptors (Lipinski definition) is 7. The molecule has 1 N–H and O–H groups in total. The lowest BCUT2D eigenvalue weighted by Crippen LogP contribution is -2.21. The molecule has 0 aliphatic rings. The van der Waals surface area contributed by atoms with Crippen LogP contribution in [0.15, 0.2) is 80.7 Å². The predicted molar refractivity (Wildman–Crippen MR) is 118 cm³/mol. The van der Waals surface area contributed by atoms with Crippen molar-refractivity contribution in [2.75, 3.05) is 6.61 Å². The summed E-state index contributed by atoms with van der Waals surface area (Å²) in [6, 6.07) is 14.3. The van der Waals surface area contributed by atoms with Gasteiger partial charge in [0.1, 0.15) is 18.2 Å². The zero-order valence-electron chi connectivity index (χ0n) is 17.4. The molecule has 0 saturated heterocycles. The minimum Gasteiger partial charge on any atom is -0.491 e. The van der Waals surface area contributed by atoms with Crippen molar-refractivity contribution in [1.82, 2.24) is 14.5 Å². The molecule has 0 radical (unpaired) electrons. The topological polar surface area (TPSA) is 104 Å². The first-order valence-electron chi connectivity index (χ1n) is 10.1. The molecule has 0 saturated carbocycles. The van der Waals surface area contributed by atoms with E-state index in [1.807, 2.05) is 0 Å². The molecule has 3 aromatic heterocycles. The third-order valence-corrected chi connectivity index (χ3v) is 4.88. The Kier molecular flexibility index (Phi) is 5.23. The van der Waals surface area contributed by atoms with Gasteiger partial charge in [-0.15, -0.1) is 0 Å². The molecule has 8 nitrogen and oxygen atoms in total. The van der Waals surface area contributed by atoms with Crippen LogP contribution in [0.25, 0.3) is 39.7 Å². The minimum atomic E-state index is -0.595. The van der Waals surface area contributed by atoms with E-state index in [4.69, 9.17) is 13.6 Å². The SMILES string of the molecule is CC(O)COc1ccc(-c2nc(-n3cc4ccoc4nc3=O)c(-c3ccc(F)cc3)o2)cc1. The maximum Gasteiger partial charge on any atom is 0.356 e. The number of halogens is 1. The van der Waals surface area contributed by atoms with Crippen LogP contribution in [-0.4, -0.2) is 32.4 Å². The number of ether oxygens (including phenoxy) is 1. The number of fused-ring (bicyclic) bond motifs is 1. The van der Waals surface area contributed by atoms with Crippen molar-refractivity contribution in [3.05, 3.63) is 83.4 Å². The molecular weight excluding hydrogens is 429 g/mol. The van der Waals surface area contributed by atoms with Crippen LogP contribution in [0, 0.1) is 5.82 Å². The maximum absolute atomic E-state index is 13.5. The van der Waals surface area contributed by atoms with Crippen LogP contribution in [0.4, 0.5) is 4.39 Å². The van der Waals surface area contributed by atoms with E-state index in [1.54, 1.807) is 55.6 Å². The highest BCUT2D eigenvalue weighted by Crippen LogP contribution is 2.32. The molecule has 5 rings (SSSR count). The van der Waals surface area contributed by atoms with Crippen LogP contribution in [-0.2, 0) is 0 Å². The highest BCUT2D eigenvalue weighted by molar-refractivity contribution is 5.74. The second-order valence-corrected chi connectivity index (χ2v) is 7.44. The van der Waals surface area contributed by atoms with Gasteiger partial charge in [-0.1, -0.05) is 0 Å². The zero-order chi connectivity index (χ0) is 22.9. The van der Waals surface area contributed by atoms with Crippen molar-refractivity contribution in [2.24, 2.45) is 0 Å². The molecule has 33 heavy (non-hydrogen) atoms. The van der Waals surface area contributed by atoms with Gasteiger partial charge in [-0.05, 0) is 61.5 Å². The summed E-state index contributed by atoms with van der Waals surface area (Å²) in [5, 5.41) is 9.99. The second-order valence-electron chi connectivity index (χ2n) is 7.44. The first-order valence-corrected chi connectivity index (χ1v) is 10.1. The van der Waals surface area contributed by atoms with Crippen molar-refractivity contribution in [3.63, 3.8) is 0 Å². The van der Waals surface area contributed by atoms with Gasteiger partial charge < -0.3 is 18.7 Å². The Hall–Kier alpha value is -4.24. The van der Waals surface area contributed by atoms with E-state index < -0.39 is 17.6 Å². The molecular formula is C24H18FN3O5. The van der Waals surface area contributed by atoms with Gasteiger partial charge >= 0.3 is 5.69 Å². The van der Waals surface area contributed by atoms with Gasteiger partial charge in [0.25, 0.3) is 0 Å². The smallest absolute Gasteiger partial charge is 0.356 e. The van der Waals surface area contributed by atoms with Gasteiger partial charge in [-0.3, -0.25) is 0 Å².